The molecule has 0 bridgehead atoms. The number of rotatable bonds is 1. The van der Waals surface area contributed by atoms with Crippen LogP contribution in [0.3, 0.4) is 0 Å². The Morgan fingerprint density at radius 2 is 2.12 bits per heavy atom. The maximum absolute atomic E-state index is 13.0. The van der Waals surface area contributed by atoms with Crippen LogP contribution >= 0.6 is 23.2 Å². The maximum Gasteiger partial charge on any atom is 0.269 e. The molecular weight excluding hydrogens is 375 g/mol. The van der Waals surface area contributed by atoms with Crippen LogP contribution in [0.15, 0.2) is 18.2 Å². The van der Waals surface area contributed by atoms with Gasteiger partial charge in [-0.15, -0.1) is 0 Å². The molecule has 1 N–H and O–H groups in total. The standard InChI is InChI=1S/C18H18Cl2N4O2/c1-10-7-15-12(16-17(25)21-5-2-6-24(16)22-15)9-23(10)18(26)11-3-4-13(19)14(20)8-11/h3-4,8,10H,2,5-7,9H2,1H3,(H,21,25)/t10-/m1/s1. The molecule has 0 aliphatic carbocycles. The van der Waals surface area contributed by atoms with E-state index in [4.69, 9.17) is 23.2 Å². The SMILES string of the molecule is C[C@@H]1Cc2nn3c(c2CN1C(=O)c1ccc(Cl)c(Cl)c1)C(=O)NCCC3. The van der Waals surface area contributed by atoms with Crippen molar-refractivity contribution in [3.8, 4) is 0 Å². The minimum absolute atomic E-state index is 0.0216. The van der Waals surface area contributed by atoms with Crippen LogP contribution in [-0.4, -0.2) is 39.1 Å². The van der Waals surface area contributed by atoms with Crippen LogP contribution < -0.4 is 5.32 Å². The van der Waals surface area contributed by atoms with E-state index in [9.17, 15) is 9.59 Å². The van der Waals surface area contributed by atoms with Crippen LogP contribution in [0.5, 0.6) is 0 Å². The van der Waals surface area contributed by atoms with E-state index < -0.39 is 0 Å². The predicted molar refractivity (Wildman–Crippen MR) is 98.7 cm³/mol. The summed E-state index contributed by atoms with van der Waals surface area (Å²) in [7, 11) is 0. The first-order valence-electron chi connectivity index (χ1n) is 8.58. The largest absolute Gasteiger partial charge is 0.351 e. The third-order valence-corrected chi connectivity index (χ3v) is 5.70. The maximum atomic E-state index is 13.0. The van der Waals surface area contributed by atoms with Crippen molar-refractivity contribution in [1.29, 1.82) is 0 Å². The third kappa shape index (κ3) is 2.87. The van der Waals surface area contributed by atoms with Crippen molar-refractivity contribution in [3.05, 3.63) is 50.8 Å². The molecule has 0 fully saturated rings. The Bertz CT molecular complexity index is 909. The second-order valence-electron chi connectivity index (χ2n) is 6.72. The Morgan fingerprint density at radius 3 is 2.88 bits per heavy atom. The number of carbonyl (C=O) groups is 2. The number of aryl methyl sites for hydroxylation is 1. The van der Waals surface area contributed by atoms with Crippen LogP contribution in [0.2, 0.25) is 10.0 Å². The number of fused-ring (bicyclic) bond motifs is 3. The predicted octanol–water partition coefficient (Wildman–Crippen LogP) is 2.91. The van der Waals surface area contributed by atoms with Gasteiger partial charge in [-0.3, -0.25) is 14.3 Å². The summed E-state index contributed by atoms with van der Waals surface area (Å²) in [6.07, 6.45) is 1.47. The van der Waals surface area contributed by atoms with E-state index in [-0.39, 0.29) is 17.9 Å². The molecule has 2 amide bonds. The minimum atomic E-state index is -0.129. The van der Waals surface area contributed by atoms with Gasteiger partial charge >= 0.3 is 0 Å². The van der Waals surface area contributed by atoms with Crippen LogP contribution in [-0.2, 0) is 19.5 Å². The van der Waals surface area contributed by atoms with Gasteiger partial charge in [-0.2, -0.15) is 5.10 Å². The Kier molecular flexibility index (Phi) is 4.40. The quantitative estimate of drug-likeness (QED) is 0.810. The fourth-order valence-electron chi connectivity index (χ4n) is 3.59. The monoisotopic (exact) mass is 392 g/mol. The lowest BCUT2D eigenvalue weighted by molar-refractivity contribution is 0.0654. The summed E-state index contributed by atoms with van der Waals surface area (Å²) in [5, 5.41) is 8.29. The number of nitrogens with one attached hydrogen (secondary N) is 1. The molecule has 1 aromatic heterocycles. The van der Waals surface area contributed by atoms with Crippen molar-refractivity contribution in [2.24, 2.45) is 0 Å². The van der Waals surface area contributed by atoms with Crippen LogP contribution in [0.1, 0.15) is 45.4 Å². The zero-order valence-electron chi connectivity index (χ0n) is 14.3. The highest BCUT2D eigenvalue weighted by atomic mass is 35.5. The number of hydrogen-bond donors (Lipinski definition) is 1. The number of nitrogens with zero attached hydrogens (tertiary/aromatic N) is 3. The van der Waals surface area contributed by atoms with E-state index in [1.54, 1.807) is 27.8 Å². The molecule has 2 aromatic rings. The average molecular weight is 393 g/mol. The normalized spacial score (nSPS) is 19.4. The van der Waals surface area contributed by atoms with Gasteiger partial charge in [-0.1, -0.05) is 23.2 Å². The van der Waals surface area contributed by atoms with Crippen molar-refractivity contribution in [2.75, 3.05) is 6.54 Å². The van der Waals surface area contributed by atoms with Gasteiger partial charge in [-0.25, -0.2) is 0 Å². The molecule has 3 heterocycles. The number of carbonyl (C=O) groups excluding carboxylic acids is 2. The Balaban J connectivity index is 1.69. The Labute approximate surface area is 161 Å². The van der Waals surface area contributed by atoms with Gasteiger partial charge < -0.3 is 10.2 Å². The highest BCUT2D eigenvalue weighted by Crippen LogP contribution is 2.29. The second kappa shape index (κ2) is 6.59. The van der Waals surface area contributed by atoms with Gasteiger partial charge in [0.2, 0.25) is 0 Å². The van der Waals surface area contributed by atoms with Gasteiger partial charge in [0.1, 0.15) is 5.69 Å². The van der Waals surface area contributed by atoms with Gasteiger partial charge in [0.05, 0.1) is 22.3 Å². The zero-order valence-corrected chi connectivity index (χ0v) is 15.8. The Morgan fingerprint density at radius 1 is 1.31 bits per heavy atom. The highest BCUT2D eigenvalue weighted by molar-refractivity contribution is 6.42. The fourth-order valence-corrected chi connectivity index (χ4v) is 3.89. The van der Waals surface area contributed by atoms with Crippen molar-refractivity contribution in [3.63, 3.8) is 0 Å². The van der Waals surface area contributed by atoms with Crippen LogP contribution in [0.25, 0.3) is 0 Å². The lowest BCUT2D eigenvalue weighted by atomic mass is 9.98. The number of hydrogen-bond acceptors (Lipinski definition) is 3. The summed E-state index contributed by atoms with van der Waals surface area (Å²) in [5.41, 5.74) is 2.81. The average Bonchev–Trinajstić information content (AvgIpc) is 2.86. The van der Waals surface area contributed by atoms with Crippen molar-refractivity contribution in [2.45, 2.75) is 38.9 Å². The first-order valence-corrected chi connectivity index (χ1v) is 9.34. The lowest BCUT2D eigenvalue weighted by Crippen LogP contribution is -2.43. The molecule has 26 heavy (non-hydrogen) atoms. The molecule has 1 aromatic carbocycles. The molecule has 2 aliphatic rings. The van der Waals surface area contributed by atoms with E-state index in [0.29, 0.717) is 47.4 Å². The molecule has 0 saturated carbocycles. The number of halogens is 2. The molecule has 0 saturated heterocycles. The van der Waals surface area contributed by atoms with Gasteiger partial charge in [-0.05, 0) is 31.5 Å². The summed E-state index contributed by atoms with van der Waals surface area (Å²) < 4.78 is 1.78. The van der Waals surface area contributed by atoms with Crippen molar-refractivity contribution < 1.29 is 9.59 Å². The summed E-state index contributed by atoms with van der Waals surface area (Å²) in [4.78, 5) is 27.2. The molecule has 136 valence electrons. The molecule has 2 aliphatic heterocycles. The molecule has 0 unspecified atom stereocenters. The van der Waals surface area contributed by atoms with E-state index in [0.717, 1.165) is 17.7 Å². The lowest BCUT2D eigenvalue weighted by Gasteiger charge is -2.33. The molecule has 1 atom stereocenters. The van der Waals surface area contributed by atoms with Crippen molar-refractivity contribution in [1.82, 2.24) is 20.0 Å². The second-order valence-corrected chi connectivity index (χ2v) is 7.54. The highest BCUT2D eigenvalue weighted by Gasteiger charge is 2.34. The molecule has 6 nitrogen and oxygen atoms in total. The summed E-state index contributed by atoms with van der Waals surface area (Å²) in [6.45, 7) is 3.69. The van der Waals surface area contributed by atoms with E-state index in [1.807, 2.05) is 6.92 Å². The van der Waals surface area contributed by atoms with Crippen LogP contribution in [0.4, 0.5) is 0 Å². The summed E-state index contributed by atoms with van der Waals surface area (Å²) >= 11 is 12.0. The Hall–Kier alpha value is -2.05. The summed E-state index contributed by atoms with van der Waals surface area (Å²) in [6, 6.07) is 4.85. The number of aromatic nitrogens is 2. The van der Waals surface area contributed by atoms with Gasteiger partial charge in [0, 0.05) is 36.7 Å². The van der Waals surface area contributed by atoms with Gasteiger partial charge in [0.25, 0.3) is 11.8 Å². The first-order chi connectivity index (χ1) is 12.5. The topological polar surface area (TPSA) is 67.2 Å². The number of benzene rings is 1. The number of amides is 2. The van der Waals surface area contributed by atoms with Crippen LogP contribution in [0, 0.1) is 0 Å². The van der Waals surface area contributed by atoms with E-state index in [2.05, 4.69) is 10.4 Å². The third-order valence-electron chi connectivity index (χ3n) is 4.96. The molecule has 0 spiro atoms. The van der Waals surface area contributed by atoms with E-state index in [1.165, 1.54) is 0 Å². The first kappa shape index (κ1) is 17.4. The van der Waals surface area contributed by atoms with Crippen molar-refractivity contribution >= 4 is 35.0 Å². The smallest absolute Gasteiger partial charge is 0.269 e. The summed E-state index contributed by atoms with van der Waals surface area (Å²) in [5.74, 6) is -0.247. The van der Waals surface area contributed by atoms with Gasteiger partial charge in [0.15, 0.2) is 0 Å². The fraction of sp³-hybridized carbons (Fsp3) is 0.389. The minimum Gasteiger partial charge on any atom is -0.351 e. The molecule has 8 heteroatoms. The molecule has 4 rings (SSSR count). The molecule has 0 radical (unpaired) electrons. The zero-order chi connectivity index (χ0) is 18.4. The molecular formula is C18H18Cl2N4O2. The van der Waals surface area contributed by atoms with E-state index >= 15 is 0 Å².